The lowest BCUT2D eigenvalue weighted by Crippen LogP contribution is -1.67. The summed E-state index contributed by atoms with van der Waals surface area (Å²) in [5, 5.41) is 0. The first kappa shape index (κ1) is 10.5. The molecule has 0 aliphatic heterocycles. The van der Waals surface area contributed by atoms with E-state index in [1.54, 1.807) is 0 Å². The van der Waals surface area contributed by atoms with E-state index in [0.29, 0.717) is 0 Å². The Balaban J connectivity index is 2.35. The quantitative estimate of drug-likeness (QED) is 0.614. The van der Waals surface area contributed by atoms with E-state index in [-0.39, 0.29) is 0 Å². The molecule has 1 aromatic rings. The summed E-state index contributed by atoms with van der Waals surface area (Å²) in [6.07, 6.45) is 13.6. The Labute approximate surface area is 86.3 Å². The van der Waals surface area contributed by atoms with Crippen LogP contribution in [0.3, 0.4) is 0 Å². The van der Waals surface area contributed by atoms with Gasteiger partial charge in [0.25, 0.3) is 0 Å². The molecule has 1 aromatic carbocycles. The lowest BCUT2D eigenvalue weighted by atomic mass is 10.2. The van der Waals surface area contributed by atoms with Crippen molar-refractivity contribution in [2.75, 3.05) is 0 Å². The van der Waals surface area contributed by atoms with Crippen LogP contribution in [0.5, 0.6) is 0 Å². The SMILES string of the molecule is CC=CC=CCC=Cc1ccccc1. The standard InChI is InChI=1S/C14H16/c1-2-3-4-5-6-8-11-14-12-9-7-10-13-14/h2-5,7-13H,6H2,1H3. The van der Waals surface area contributed by atoms with E-state index in [1.807, 2.05) is 25.1 Å². The minimum absolute atomic E-state index is 0.985. The fraction of sp³-hybridized carbons (Fsp3) is 0.143. The normalized spacial score (nSPS) is 12.1. The molecule has 0 aromatic heterocycles. The van der Waals surface area contributed by atoms with E-state index in [1.165, 1.54) is 5.56 Å². The summed E-state index contributed by atoms with van der Waals surface area (Å²) in [4.78, 5) is 0. The fourth-order valence-corrected chi connectivity index (χ4v) is 1.12. The molecule has 0 aliphatic carbocycles. The number of hydrogen-bond donors (Lipinski definition) is 0. The van der Waals surface area contributed by atoms with Gasteiger partial charge >= 0.3 is 0 Å². The second kappa shape index (κ2) is 6.90. The molecular formula is C14H16. The molecule has 72 valence electrons. The molecule has 0 spiro atoms. The summed E-state index contributed by atoms with van der Waals surface area (Å²) in [6, 6.07) is 10.3. The summed E-state index contributed by atoms with van der Waals surface area (Å²) in [6.45, 7) is 2.02. The zero-order valence-corrected chi connectivity index (χ0v) is 8.56. The van der Waals surface area contributed by atoms with E-state index < -0.39 is 0 Å². The molecule has 0 radical (unpaired) electrons. The molecule has 0 fully saturated rings. The fourth-order valence-electron chi connectivity index (χ4n) is 1.12. The van der Waals surface area contributed by atoms with Crippen LogP contribution in [-0.4, -0.2) is 0 Å². The molecule has 0 saturated carbocycles. The van der Waals surface area contributed by atoms with Crippen LogP contribution in [0.1, 0.15) is 18.9 Å². The number of hydrogen-bond acceptors (Lipinski definition) is 0. The van der Waals surface area contributed by atoms with E-state index in [9.17, 15) is 0 Å². The lowest BCUT2D eigenvalue weighted by molar-refractivity contribution is 1.41. The van der Waals surface area contributed by atoms with Gasteiger partial charge < -0.3 is 0 Å². The molecule has 0 nitrogen and oxygen atoms in total. The predicted octanol–water partition coefficient (Wildman–Crippen LogP) is 4.22. The van der Waals surface area contributed by atoms with Crippen LogP contribution >= 0.6 is 0 Å². The minimum atomic E-state index is 0.985. The van der Waals surface area contributed by atoms with Crippen molar-refractivity contribution in [2.45, 2.75) is 13.3 Å². The average molecular weight is 184 g/mol. The zero-order chi connectivity index (χ0) is 10.1. The summed E-state index contributed by atoms with van der Waals surface area (Å²) in [5.41, 5.74) is 1.26. The van der Waals surface area contributed by atoms with Gasteiger partial charge in [-0.15, -0.1) is 0 Å². The predicted molar refractivity (Wildman–Crippen MR) is 64.0 cm³/mol. The van der Waals surface area contributed by atoms with Crippen molar-refractivity contribution in [1.29, 1.82) is 0 Å². The molecule has 0 saturated heterocycles. The highest BCUT2D eigenvalue weighted by molar-refractivity contribution is 5.48. The second-order valence-corrected chi connectivity index (χ2v) is 3.00. The summed E-state index contributed by atoms with van der Waals surface area (Å²) < 4.78 is 0. The molecule has 0 heteroatoms. The first-order chi connectivity index (χ1) is 6.93. The van der Waals surface area contributed by atoms with Gasteiger partial charge in [-0.25, -0.2) is 0 Å². The van der Waals surface area contributed by atoms with Crippen molar-refractivity contribution in [3.8, 4) is 0 Å². The molecule has 0 N–H and O–H groups in total. The van der Waals surface area contributed by atoms with Gasteiger partial charge in [-0.3, -0.25) is 0 Å². The van der Waals surface area contributed by atoms with E-state index in [4.69, 9.17) is 0 Å². The van der Waals surface area contributed by atoms with Crippen LogP contribution in [-0.2, 0) is 0 Å². The van der Waals surface area contributed by atoms with Gasteiger partial charge in [0.2, 0.25) is 0 Å². The van der Waals surface area contributed by atoms with Crippen molar-refractivity contribution in [1.82, 2.24) is 0 Å². The summed E-state index contributed by atoms with van der Waals surface area (Å²) in [7, 11) is 0. The van der Waals surface area contributed by atoms with Crippen molar-refractivity contribution in [3.63, 3.8) is 0 Å². The van der Waals surface area contributed by atoms with Crippen molar-refractivity contribution in [3.05, 3.63) is 66.3 Å². The molecule has 0 bridgehead atoms. The number of benzene rings is 1. The molecule has 0 atom stereocenters. The van der Waals surface area contributed by atoms with Gasteiger partial charge in [-0.05, 0) is 18.9 Å². The Morgan fingerprint density at radius 1 is 1.00 bits per heavy atom. The molecule has 0 unspecified atom stereocenters. The van der Waals surface area contributed by atoms with Gasteiger partial charge in [-0.2, -0.15) is 0 Å². The topological polar surface area (TPSA) is 0 Å². The molecule has 14 heavy (non-hydrogen) atoms. The highest BCUT2D eigenvalue weighted by Gasteiger charge is 1.80. The van der Waals surface area contributed by atoms with Crippen molar-refractivity contribution < 1.29 is 0 Å². The van der Waals surface area contributed by atoms with Crippen LogP contribution in [0.25, 0.3) is 6.08 Å². The third-order valence-corrected chi connectivity index (χ3v) is 1.82. The van der Waals surface area contributed by atoms with Gasteiger partial charge in [-0.1, -0.05) is 66.8 Å². The maximum absolute atomic E-state index is 2.16. The minimum Gasteiger partial charge on any atom is -0.0877 e. The van der Waals surface area contributed by atoms with Crippen molar-refractivity contribution in [2.24, 2.45) is 0 Å². The monoisotopic (exact) mass is 184 g/mol. The molecule has 0 amide bonds. The Hall–Kier alpha value is -1.56. The highest BCUT2D eigenvalue weighted by atomic mass is 13.9. The molecule has 1 rings (SSSR count). The molecule has 0 heterocycles. The Morgan fingerprint density at radius 2 is 1.79 bits per heavy atom. The third-order valence-electron chi connectivity index (χ3n) is 1.82. The van der Waals surface area contributed by atoms with E-state index >= 15 is 0 Å². The first-order valence-electron chi connectivity index (χ1n) is 4.93. The van der Waals surface area contributed by atoms with Gasteiger partial charge in [0.15, 0.2) is 0 Å². The largest absolute Gasteiger partial charge is 0.0877 e. The van der Waals surface area contributed by atoms with Crippen LogP contribution < -0.4 is 0 Å². The van der Waals surface area contributed by atoms with Crippen molar-refractivity contribution >= 4 is 6.08 Å². The van der Waals surface area contributed by atoms with E-state index in [2.05, 4.69) is 48.6 Å². The summed E-state index contributed by atoms with van der Waals surface area (Å²) >= 11 is 0. The van der Waals surface area contributed by atoms with Crippen LogP contribution in [0.15, 0.2) is 60.7 Å². The number of rotatable bonds is 4. The first-order valence-corrected chi connectivity index (χ1v) is 4.93. The summed E-state index contributed by atoms with van der Waals surface area (Å²) in [5.74, 6) is 0. The zero-order valence-electron chi connectivity index (χ0n) is 8.56. The van der Waals surface area contributed by atoms with Crippen LogP contribution in [0.2, 0.25) is 0 Å². The number of allylic oxidation sites excluding steroid dienone is 5. The smallest absolute Gasteiger partial charge is 0.0163 e. The van der Waals surface area contributed by atoms with Gasteiger partial charge in [0.05, 0.1) is 0 Å². The Kier molecular flexibility index (Phi) is 5.19. The van der Waals surface area contributed by atoms with Gasteiger partial charge in [0.1, 0.15) is 0 Å². The van der Waals surface area contributed by atoms with Gasteiger partial charge in [0, 0.05) is 0 Å². The Morgan fingerprint density at radius 3 is 2.50 bits per heavy atom. The lowest BCUT2D eigenvalue weighted by Gasteiger charge is -1.89. The molecular weight excluding hydrogens is 168 g/mol. The van der Waals surface area contributed by atoms with E-state index in [0.717, 1.165) is 6.42 Å². The molecule has 0 aliphatic rings. The average Bonchev–Trinajstić information content (AvgIpc) is 2.25. The third kappa shape index (κ3) is 4.46. The van der Waals surface area contributed by atoms with Crippen LogP contribution in [0, 0.1) is 0 Å². The maximum atomic E-state index is 2.16. The highest BCUT2D eigenvalue weighted by Crippen LogP contribution is 2.01. The van der Waals surface area contributed by atoms with Crippen LogP contribution in [0.4, 0.5) is 0 Å². The Bertz CT molecular complexity index is 315. The maximum Gasteiger partial charge on any atom is -0.0163 e. The second-order valence-electron chi connectivity index (χ2n) is 3.00.